The number of carbonyl (C=O) groups excluding carboxylic acids is 1. The van der Waals surface area contributed by atoms with Gasteiger partial charge >= 0.3 is 0 Å². The number of H-pyrrole nitrogens is 1. The normalized spacial score (nSPS) is 12.2. The first-order valence-corrected chi connectivity index (χ1v) is 8.01. The lowest BCUT2D eigenvalue weighted by Gasteiger charge is -2.03. The highest BCUT2D eigenvalue weighted by Crippen LogP contribution is 2.35. The van der Waals surface area contributed by atoms with E-state index >= 15 is 0 Å². The van der Waals surface area contributed by atoms with Crippen LogP contribution in [0, 0.1) is 6.92 Å². The highest BCUT2D eigenvalue weighted by atomic mass is 32.1. The van der Waals surface area contributed by atoms with Crippen LogP contribution in [-0.2, 0) is 0 Å². The smallest absolute Gasteiger partial charge is 0.276 e. The van der Waals surface area contributed by atoms with E-state index in [9.17, 15) is 4.79 Å². The number of nitrogens with one attached hydrogen (secondary N) is 3. The van der Waals surface area contributed by atoms with Crippen molar-refractivity contribution in [1.29, 1.82) is 0 Å². The zero-order chi connectivity index (χ0) is 16.5. The summed E-state index contributed by atoms with van der Waals surface area (Å²) in [7, 11) is 0. The summed E-state index contributed by atoms with van der Waals surface area (Å²) < 4.78 is 10.6. The van der Waals surface area contributed by atoms with Crippen LogP contribution in [0.4, 0.5) is 16.6 Å². The topological polar surface area (TPSA) is 101 Å². The number of hydrogen-bond donors (Lipinski definition) is 3. The first-order valence-electron chi connectivity index (χ1n) is 7.13. The van der Waals surface area contributed by atoms with Gasteiger partial charge in [-0.05, 0) is 19.1 Å². The molecule has 1 aliphatic heterocycles. The average molecular weight is 343 g/mol. The molecule has 3 N–H and O–H groups in total. The summed E-state index contributed by atoms with van der Waals surface area (Å²) in [6.45, 7) is 2.09. The van der Waals surface area contributed by atoms with Gasteiger partial charge in [-0.15, -0.1) is 11.3 Å². The second-order valence-corrected chi connectivity index (χ2v) is 5.98. The molecule has 0 spiro atoms. The largest absolute Gasteiger partial charge is 0.454 e. The lowest BCUT2D eigenvalue weighted by Crippen LogP contribution is -2.12. The maximum atomic E-state index is 12.2. The first kappa shape index (κ1) is 14.5. The van der Waals surface area contributed by atoms with E-state index in [1.807, 2.05) is 25.1 Å². The highest BCUT2D eigenvalue weighted by molar-refractivity contribution is 7.14. The third-order valence-electron chi connectivity index (χ3n) is 3.31. The molecule has 4 rings (SSSR count). The number of rotatable bonds is 4. The Morgan fingerprint density at radius 2 is 2.17 bits per heavy atom. The Hall–Kier alpha value is -3.07. The van der Waals surface area contributed by atoms with Crippen molar-refractivity contribution in [2.75, 3.05) is 17.4 Å². The Bertz CT molecular complexity index is 904. The Morgan fingerprint density at radius 3 is 3.00 bits per heavy atom. The van der Waals surface area contributed by atoms with Crippen LogP contribution in [0.5, 0.6) is 11.5 Å². The number of fused-ring (bicyclic) bond motifs is 1. The van der Waals surface area contributed by atoms with Crippen LogP contribution in [-0.4, -0.2) is 27.9 Å². The van der Waals surface area contributed by atoms with Crippen molar-refractivity contribution in [3.05, 3.63) is 41.0 Å². The van der Waals surface area contributed by atoms with Gasteiger partial charge in [0, 0.05) is 28.9 Å². The second-order valence-electron chi connectivity index (χ2n) is 5.12. The molecule has 0 fully saturated rings. The zero-order valence-corrected chi connectivity index (χ0v) is 13.4. The van der Waals surface area contributed by atoms with Crippen molar-refractivity contribution in [1.82, 2.24) is 15.2 Å². The molecule has 122 valence electrons. The standard InChI is InChI=1S/C15H13N5O3S/c1-8-4-13(20-19-8)18-14(21)10-6-24-15(17-10)16-9-2-3-11-12(5-9)23-7-22-11/h2-6H,7H2,1H3,(H,16,17)(H2,18,19,20,21). The van der Waals surface area contributed by atoms with E-state index in [0.29, 0.717) is 28.1 Å². The monoisotopic (exact) mass is 343 g/mol. The van der Waals surface area contributed by atoms with Crippen molar-refractivity contribution in [3.8, 4) is 11.5 Å². The van der Waals surface area contributed by atoms with Crippen molar-refractivity contribution < 1.29 is 14.3 Å². The molecule has 0 aliphatic carbocycles. The molecule has 0 radical (unpaired) electrons. The quantitative estimate of drug-likeness (QED) is 0.673. The van der Waals surface area contributed by atoms with Crippen molar-refractivity contribution in [3.63, 3.8) is 0 Å². The van der Waals surface area contributed by atoms with E-state index in [1.165, 1.54) is 11.3 Å². The van der Waals surface area contributed by atoms with Gasteiger partial charge in [-0.25, -0.2) is 4.98 Å². The highest BCUT2D eigenvalue weighted by Gasteiger charge is 2.15. The minimum atomic E-state index is -0.309. The predicted octanol–water partition coefficient (Wildman–Crippen LogP) is 2.90. The number of carbonyl (C=O) groups is 1. The van der Waals surface area contributed by atoms with Gasteiger partial charge in [0.05, 0.1) is 0 Å². The van der Waals surface area contributed by atoms with Crippen LogP contribution in [0.15, 0.2) is 29.6 Å². The summed E-state index contributed by atoms with van der Waals surface area (Å²) >= 11 is 1.34. The molecule has 1 aromatic carbocycles. The molecule has 1 amide bonds. The molecule has 0 bridgehead atoms. The Balaban J connectivity index is 1.45. The molecule has 3 aromatic rings. The molecule has 0 saturated heterocycles. The SMILES string of the molecule is Cc1cc(NC(=O)c2csc(Nc3ccc4c(c3)OCO4)n2)n[nH]1. The van der Waals surface area contributed by atoms with E-state index in [-0.39, 0.29) is 12.7 Å². The second kappa shape index (κ2) is 5.85. The molecule has 24 heavy (non-hydrogen) atoms. The van der Waals surface area contributed by atoms with Gasteiger partial charge in [-0.3, -0.25) is 9.89 Å². The van der Waals surface area contributed by atoms with Crippen molar-refractivity contribution >= 4 is 33.9 Å². The number of aromatic nitrogens is 3. The fraction of sp³-hybridized carbons (Fsp3) is 0.133. The summed E-state index contributed by atoms with van der Waals surface area (Å²) in [6.07, 6.45) is 0. The van der Waals surface area contributed by atoms with Gasteiger partial charge in [0.25, 0.3) is 5.91 Å². The van der Waals surface area contributed by atoms with Gasteiger partial charge in [-0.2, -0.15) is 5.10 Å². The maximum Gasteiger partial charge on any atom is 0.276 e. The molecular weight excluding hydrogens is 330 g/mol. The number of aryl methyl sites for hydroxylation is 1. The van der Waals surface area contributed by atoms with E-state index in [4.69, 9.17) is 9.47 Å². The van der Waals surface area contributed by atoms with Crippen LogP contribution >= 0.6 is 11.3 Å². The van der Waals surface area contributed by atoms with E-state index in [1.54, 1.807) is 11.4 Å². The average Bonchev–Trinajstić information content (AvgIpc) is 3.28. The number of anilines is 3. The molecule has 0 unspecified atom stereocenters. The first-order chi connectivity index (χ1) is 11.7. The predicted molar refractivity (Wildman–Crippen MR) is 89.2 cm³/mol. The molecule has 3 heterocycles. The van der Waals surface area contributed by atoms with E-state index < -0.39 is 0 Å². The number of nitrogens with zero attached hydrogens (tertiary/aromatic N) is 2. The number of benzene rings is 1. The number of thiazole rings is 1. The molecule has 9 heteroatoms. The van der Waals surface area contributed by atoms with E-state index in [0.717, 1.165) is 11.4 Å². The third-order valence-corrected chi connectivity index (χ3v) is 4.07. The summed E-state index contributed by atoms with van der Waals surface area (Å²) in [5, 5.41) is 14.9. The Morgan fingerprint density at radius 1 is 1.29 bits per heavy atom. The summed E-state index contributed by atoms with van der Waals surface area (Å²) in [5.74, 6) is 1.56. The molecular formula is C15H13N5O3S. The Kier molecular flexibility index (Phi) is 3.54. The fourth-order valence-corrected chi connectivity index (χ4v) is 2.91. The minimum Gasteiger partial charge on any atom is -0.454 e. The molecule has 1 aliphatic rings. The molecule has 0 saturated carbocycles. The van der Waals surface area contributed by atoms with Crippen LogP contribution in [0.3, 0.4) is 0 Å². The van der Waals surface area contributed by atoms with Crippen molar-refractivity contribution in [2.24, 2.45) is 0 Å². The third kappa shape index (κ3) is 2.88. The lowest BCUT2D eigenvalue weighted by atomic mass is 10.3. The summed E-state index contributed by atoms with van der Waals surface area (Å²) in [4.78, 5) is 16.4. The van der Waals surface area contributed by atoms with Crippen LogP contribution in [0.25, 0.3) is 0 Å². The van der Waals surface area contributed by atoms with Gasteiger partial charge in [0.1, 0.15) is 5.69 Å². The van der Waals surface area contributed by atoms with Crippen molar-refractivity contribution in [2.45, 2.75) is 6.92 Å². The van der Waals surface area contributed by atoms with Gasteiger partial charge < -0.3 is 20.1 Å². The molecule has 2 aromatic heterocycles. The van der Waals surface area contributed by atoms with Crippen LogP contribution < -0.4 is 20.1 Å². The lowest BCUT2D eigenvalue weighted by molar-refractivity contribution is 0.102. The van der Waals surface area contributed by atoms with E-state index in [2.05, 4.69) is 25.8 Å². The fourth-order valence-electron chi connectivity index (χ4n) is 2.20. The van der Waals surface area contributed by atoms with Gasteiger partial charge in [0.2, 0.25) is 6.79 Å². The number of amides is 1. The number of ether oxygens (including phenoxy) is 2. The Labute approximate surface area is 140 Å². The minimum absolute atomic E-state index is 0.229. The molecule has 8 nitrogen and oxygen atoms in total. The van der Waals surface area contributed by atoms with Gasteiger partial charge in [0.15, 0.2) is 22.4 Å². The van der Waals surface area contributed by atoms with Crippen LogP contribution in [0.2, 0.25) is 0 Å². The molecule has 0 atom stereocenters. The van der Waals surface area contributed by atoms with Crippen LogP contribution in [0.1, 0.15) is 16.2 Å². The number of hydrogen-bond acceptors (Lipinski definition) is 7. The maximum absolute atomic E-state index is 12.2. The van der Waals surface area contributed by atoms with Gasteiger partial charge in [-0.1, -0.05) is 0 Å². The number of aromatic amines is 1. The zero-order valence-electron chi connectivity index (χ0n) is 12.6. The summed E-state index contributed by atoms with van der Waals surface area (Å²) in [6, 6.07) is 7.26. The summed E-state index contributed by atoms with van der Waals surface area (Å²) in [5.41, 5.74) is 2.00.